The quantitative estimate of drug-likeness (QED) is 0.579. The van der Waals surface area contributed by atoms with Crippen LogP contribution >= 0.6 is 7.37 Å². The van der Waals surface area contributed by atoms with E-state index in [2.05, 4.69) is 4.98 Å². The van der Waals surface area contributed by atoms with Gasteiger partial charge in [0.1, 0.15) is 12.0 Å². The average Bonchev–Trinajstić information content (AvgIpc) is 2.53. The van der Waals surface area contributed by atoms with Gasteiger partial charge in [-0.15, -0.1) is 0 Å². The molecule has 0 aliphatic carbocycles. The van der Waals surface area contributed by atoms with Crippen LogP contribution in [0.2, 0.25) is 0 Å². The second kappa shape index (κ2) is 4.23. The van der Waals surface area contributed by atoms with Gasteiger partial charge in [0.25, 0.3) is 0 Å². The van der Waals surface area contributed by atoms with Crippen LogP contribution in [0.4, 0.5) is 5.82 Å². The number of hydrogen-bond donors (Lipinski definition) is 3. The van der Waals surface area contributed by atoms with Crippen molar-refractivity contribution in [3.05, 3.63) is 22.7 Å². The third kappa shape index (κ3) is 2.25. The van der Waals surface area contributed by atoms with E-state index in [4.69, 9.17) is 15.6 Å². The Balaban J connectivity index is 2.32. The lowest BCUT2D eigenvalue weighted by atomic mass is 10.5. The lowest BCUT2D eigenvalue weighted by Gasteiger charge is -2.12. The van der Waals surface area contributed by atoms with Crippen LogP contribution in [-0.4, -0.2) is 38.2 Å². The van der Waals surface area contributed by atoms with Crippen molar-refractivity contribution in [2.75, 3.05) is 18.5 Å². The highest BCUT2D eigenvalue weighted by Crippen LogP contribution is 2.55. The lowest BCUT2D eigenvalue weighted by Crippen LogP contribution is -2.28. The number of rotatable bonds is 2. The highest BCUT2D eigenvalue weighted by Gasteiger charge is 2.44. The number of ether oxygens (including phenoxy) is 1. The maximum Gasteiger partial charge on any atom is 0.351 e. The number of nitrogen functional groups attached to an aromatic ring is 1. The van der Waals surface area contributed by atoms with Crippen LogP contribution in [-0.2, 0) is 9.30 Å². The minimum absolute atomic E-state index is 0.0649. The topological polar surface area (TPSA) is 128 Å². The largest absolute Gasteiger partial charge is 0.393 e. The van der Waals surface area contributed by atoms with Crippen LogP contribution in [0.3, 0.4) is 0 Å². The summed E-state index contributed by atoms with van der Waals surface area (Å²) in [7, 11) is -3.60. The number of aliphatic hydroxyl groups is 1. The molecule has 1 aliphatic heterocycles. The van der Waals surface area contributed by atoms with E-state index >= 15 is 0 Å². The van der Waals surface area contributed by atoms with Gasteiger partial charge in [-0.05, 0) is 6.07 Å². The zero-order valence-corrected chi connectivity index (χ0v) is 9.66. The predicted octanol–water partition coefficient (Wildman–Crippen LogP) is -1.06. The fourth-order valence-corrected chi connectivity index (χ4v) is 3.16. The summed E-state index contributed by atoms with van der Waals surface area (Å²) in [5.74, 6) is -1.09. The summed E-state index contributed by atoms with van der Waals surface area (Å²) >= 11 is 0. The second-order valence-corrected chi connectivity index (χ2v) is 6.16. The molecule has 4 N–H and O–H groups in total. The second-order valence-electron chi connectivity index (χ2n) is 3.71. The van der Waals surface area contributed by atoms with Gasteiger partial charge >= 0.3 is 5.69 Å². The molecule has 9 heteroatoms. The molecule has 1 fully saturated rings. The molecule has 94 valence electrons. The summed E-state index contributed by atoms with van der Waals surface area (Å²) in [6.07, 6.45) is 0.210. The van der Waals surface area contributed by atoms with E-state index in [1.165, 1.54) is 12.3 Å². The minimum Gasteiger partial charge on any atom is -0.393 e. The Morgan fingerprint density at radius 1 is 1.71 bits per heavy atom. The average molecular weight is 261 g/mol. The maximum atomic E-state index is 11.6. The van der Waals surface area contributed by atoms with Crippen molar-refractivity contribution in [3.8, 4) is 0 Å². The van der Waals surface area contributed by atoms with Crippen LogP contribution in [0.25, 0.3) is 0 Å². The molecule has 0 radical (unpaired) electrons. The summed E-state index contributed by atoms with van der Waals surface area (Å²) in [6, 6.07) is 1.39. The Labute approximate surface area is 96.1 Å². The number of nitrogens with zero attached hydrogens (tertiary/aromatic N) is 2. The molecule has 1 aromatic heterocycles. The van der Waals surface area contributed by atoms with Gasteiger partial charge in [-0.2, -0.15) is 4.98 Å². The monoisotopic (exact) mass is 261 g/mol. The van der Waals surface area contributed by atoms with Crippen LogP contribution in [0, 0.1) is 0 Å². The highest BCUT2D eigenvalue weighted by atomic mass is 31.2. The van der Waals surface area contributed by atoms with Gasteiger partial charge < -0.3 is 20.5 Å². The molecule has 8 nitrogen and oxygen atoms in total. The van der Waals surface area contributed by atoms with E-state index in [-0.39, 0.29) is 12.0 Å². The van der Waals surface area contributed by atoms with Gasteiger partial charge in [-0.1, -0.05) is 0 Å². The summed E-state index contributed by atoms with van der Waals surface area (Å²) < 4.78 is 17.9. The fourth-order valence-electron chi connectivity index (χ4n) is 1.63. The molecule has 0 spiro atoms. The maximum absolute atomic E-state index is 11.6. The molecule has 2 rings (SSSR count). The van der Waals surface area contributed by atoms with Crippen LogP contribution in [0.5, 0.6) is 0 Å². The predicted molar refractivity (Wildman–Crippen MR) is 58.6 cm³/mol. The number of aliphatic hydroxyl groups excluding tert-OH is 1. The first-order chi connectivity index (χ1) is 7.94. The van der Waals surface area contributed by atoms with Crippen molar-refractivity contribution in [1.82, 2.24) is 9.55 Å². The number of aromatic nitrogens is 2. The molecule has 1 aromatic rings. The summed E-state index contributed by atoms with van der Waals surface area (Å²) in [6.45, 7) is -0.568. The smallest absolute Gasteiger partial charge is 0.351 e. The fraction of sp³-hybridized carbons (Fsp3) is 0.500. The SMILES string of the molecule is Nc1ccn([C@@H]2CP(=O)(O)[C@@H](CO)O2)c(=O)n1. The lowest BCUT2D eigenvalue weighted by molar-refractivity contribution is -0.00941. The molecule has 0 bridgehead atoms. The first-order valence-electron chi connectivity index (χ1n) is 4.86. The van der Waals surface area contributed by atoms with E-state index in [0.29, 0.717) is 0 Å². The molecule has 3 atom stereocenters. The Kier molecular flexibility index (Phi) is 3.05. The van der Waals surface area contributed by atoms with Gasteiger partial charge in [0, 0.05) is 6.20 Å². The Hall–Kier alpha value is -1.21. The van der Waals surface area contributed by atoms with E-state index in [0.717, 1.165) is 4.57 Å². The minimum atomic E-state index is -3.60. The molecular formula is C8H12N3O5P. The zero-order chi connectivity index (χ0) is 12.6. The molecule has 1 unspecified atom stereocenters. The van der Waals surface area contributed by atoms with Gasteiger partial charge in [-0.3, -0.25) is 9.13 Å². The zero-order valence-electron chi connectivity index (χ0n) is 8.76. The van der Waals surface area contributed by atoms with E-state index in [1.807, 2.05) is 0 Å². The summed E-state index contributed by atoms with van der Waals surface area (Å²) in [5, 5.41) is 8.90. The molecular weight excluding hydrogens is 249 g/mol. The number of nitrogens with two attached hydrogens (primary N) is 1. The van der Waals surface area contributed by atoms with Crippen molar-refractivity contribution < 1.29 is 19.3 Å². The van der Waals surface area contributed by atoms with Crippen molar-refractivity contribution in [2.45, 2.75) is 12.1 Å². The van der Waals surface area contributed by atoms with E-state index < -0.39 is 31.7 Å². The Bertz CT molecular complexity index is 530. The molecule has 2 heterocycles. The standard InChI is InChI=1S/C8H12N3O5P/c9-5-1-2-11(8(13)10-5)6-4-17(14,15)7(3-12)16-6/h1-2,6-7,12H,3-4H2,(H,14,15)(H2,9,10,13)/t6-,7-/m0/s1. The van der Waals surface area contributed by atoms with Gasteiger partial charge in [-0.25, -0.2) is 4.79 Å². The molecule has 1 aliphatic rings. The van der Waals surface area contributed by atoms with Gasteiger partial charge in [0.2, 0.25) is 7.37 Å². The first kappa shape index (κ1) is 12.3. The van der Waals surface area contributed by atoms with Crippen LogP contribution in [0.15, 0.2) is 17.1 Å². The Morgan fingerprint density at radius 3 is 2.94 bits per heavy atom. The number of hydrogen-bond acceptors (Lipinski definition) is 6. The summed E-state index contributed by atoms with van der Waals surface area (Å²) in [5.41, 5.74) is 4.66. The molecule has 0 amide bonds. The summed E-state index contributed by atoms with van der Waals surface area (Å²) in [4.78, 5) is 24.5. The van der Waals surface area contributed by atoms with E-state index in [1.54, 1.807) is 0 Å². The molecule has 0 saturated carbocycles. The molecule has 17 heavy (non-hydrogen) atoms. The molecule has 1 saturated heterocycles. The number of anilines is 1. The van der Waals surface area contributed by atoms with Crippen molar-refractivity contribution in [3.63, 3.8) is 0 Å². The van der Waals surface area contributed by atoms with Crippen molar-refractivity contribution >= 4 is 13.2 Å². The van der Waals surface area contributed by atoms with Crippen molar-refractivity contribution in [1.29, 1.82) is 0 Å². The van der Waals surface area contributed by atoms with Crippen LogP contribution < -0.4 is 11.4 Å². The third-order valence-corrected chi connectivity index (χ3v) is 4.52. The van der Waals surface area contributed by atoms with Crippen molar-refractivity contribution in [2.24, 2.45) is 0 Å². The van der Waals surface area contributed by atoms with Gasteiger partial charge in [0.15, 0.2) is 5.85 Å². The first-order valence-corrected chi connectivity index (χ1v) is 6.78. The Morgan fingerprint density at radius 2 is 2.41 bits per heavy atom. The van der Waals surface area contributed by atoms with E-state index in [9.17, 15) is 14.3 Å². The van der Waals surface area contributed by atoms with Gasteiger partial charge in [0.05, 0.1) is 12.8 Å². The normalized spacial score (nSPS) is 32.8. The van der Waals surface area contributed by atoms with Crippen LogP contribution in [0.1, 0.15) is 6.23 Å². The molecule has 0 aromatic carbocycles. The third-order valence-electron chi connectivity index (χ3n) is 2.50. The highest BCUT2D eigenvalue weighted by molar-refractivity contribution is 7.58.